The van der Waals surface area contributed by atoms with E-state index in [9.17, 15) is 0 Å². The van der Waals surface area contributed by atoms with Gasteiger partial charge in [0.1, 0.15) is 0 Å². The fraction of sp³-hybridized carbons (Fsp3) is 0.0789. The van der Waals surface area contributed by atoms with E-state index in [0.717, 1.165) is 24.2 Å². The molecule has 184 valence electrons. The molecule has 0 amide bonds. The first-order chi connectivity index (χ1) is 19.3. The summed E-state index contributed by atoms with van der Waals surface area (Å²) < 4.78 is 0. The minimum Gasteiger partial charge on any atom is -0.253 e. The third kappa shape index (κ3) is 3.73. The lowest BCUT2D eigenvalue weighted by Crippen LogP contribution is -2.09. The Hall–Kier alpha value is -4.75. The summed E-state index contributed by atoms with van der Waals surface area (Å²) in [6.45, 7) is 0. The molecular formula is C38H27N. The molecule has 0 unspecified atom stereocenters. The molecule has 0 saturated heterocycles. The van der Waals surface area contributed by atoms with Crippen molar-refractivity contribution < 1.29 is 0 Å². The van der Waals surface area contributed by atoms with Crippen molar-refractivity contribution in [1.29, 1.82) is 0 Å². The van der Waals surface area contributed by atoms with Crippen LogP contribution in [0.2, 0.25) is 0 Å². The first-order valence-electron chi connectivity index (χ1n) is 13.8. The van der Waals surface area contributed by atoms with E-state index in [1.54, 1.807) is 0 Å². The number of nitrogens with zero attached hydrogens (tertiary/aromatic N) is 1. The predicted octanol–water partition coefficient (Wildman–Crippen LogP) is 10.0. The topological polar surface area (TPSA) is 12.4 Å². The third-order valence-electron chi connectivity index (χ3n) is 8.48. The fourth-order valence-electron chi connectivity index (χ4n) is 6.52. The van der Waals surface area contributed by atoms with Crippen molar-refractivity contribution in [3.05, 3.63) is 150 Å². The van der Waals surface area contributed by atoms with Gasteiger partial charge in [0.2, 0.25) is 0 Å². The summed E-state index contributed by atoms with van der Waals surface area (Å²) >= 11 is 0. The molecule has 0 N–H and O–H groups in total. The van der Waals surface area contributed by atoms with Gasteiger partial charge in [-0.1, -0.05) is 121 Å². The van der Waals surface area contributed by atoms with Crippen LogP contribution >= 0.6 is 0 Å². The molecule has 0 bridgehead atoms. The van der Waals surface area contributed by atoms with E-state index < -0.39 is 0 Å². The van der Waals surface area contributed by atoms with E-state index in [-0.39, 0.29) is 0 Å². The Morgan fingerprint density at radius 3 is 2.00 bits per heavy atom. The van der Waals surface area contributed by atoms with Crippen LogP contribution in [0, 0.1) is 0 Å². The highest BCUT2D eigenvalue weighted by molar-refractivity contribution is 6.15. The van der Waals surface area contributed by atoms with Crippen LogP contribution in [0.15, 0.2) is 138 Å². The smallest absolute Gasteiger partial charge is 0.0665 e. The van der Waals surface area contributed by atoms with Crippen molar-refractivity contribution in [3.63, 3.8) is 0 Å². The number of hydrogen-bond acceptors (Lipinski definition) is 1. The maximum absolute atomic E-state index is 5.20. The molecule has 0 saturated carbocycles. The van der Waals surface area contributed by atoms with E-state index in [2.05, 4.69) is 133 Å². The van der Waals surface area contributed by atoms with E-state index in [1.807, 2.05) is 0 Å². The zero-order valence-electron chi connectivity index (χ0n) is 21.6. The van der Waals surface area contributed by atoms with Gasteiger partial charge in [-0.3, -0.25) is 4.99 Å². The van der Waals surface area contributed by atoms with Crippen LogP contribution < -0.4 is 0 Å². The van der Waals surface area contributed by atoms with Gasteiger partial charge in [-0.05, 0) is 91.7 Å². The summed E-state index contributed by atoms with van der Waals surface area (Å²) in [5.41, 5.74) is 14.0. The van der Waals surface area contributed by atoms with Crippen molar-refractivity contribution in [2.24, 2.45) is 4.99 Å². The van der Waals surface area contributed by atoms with Crippen LogP contribution in [-0.4, -0.2) is 5.71 Å². The normalized spacial score (nSPS) is 15.4. The standard InChI is InChI=1S/C38H27N/c1-2-8-25(9-3-1)31-22-30-10-4-5-15-36(30)39-37(24-31)27-18-16-26(17-19-27)29-20-21-32-33-13-6-11-28-12-7-14-34(38(28)33)35(32)23-29/h1-21,23,31H,22,24H2/t31-/m0/s1. The monoisotopic (exact) mass is 497 g/mol. The minimum atomic E-state index is 0.411. The first kappa shape index (κ1) is 22.3. The quantitative estimate of drug-likeness (QED) is 0.230. The van der Waals surface area contributed by atoms with E-state index in [0.29, 0.717) is 5.92 Å². The number of hydrogen-bond donors (Lipinski definition) is 0. The molecule has 1 aliphatic carbocycles. The Morgan fingerprint density at radius 1 is 0.487 bits per heavy atom. The van der Waals surface area contributed by atoms with Crippen LogP contribution in [0.3, 0.4) is 0 Å². The van der Waals surface area contributed by atoms with Gasteiger partial charge in [-0.2, -0.15) is 0 Å². The lowest BCUT2D eigenvalue weighted by Gasteiger charge is -2.17. The first-order valence-corrected chi connectivity index (χ1v) is 13.8. The lowest BCUT2D eigenvalue weighted by molar-refractivity contribution is 0.721. The van der Waals surface area contributed by atoms with Crippen LogP contribution in [0.25, 0.3) is 44.2 Å². The molecule has 8 rings (SSSR count). The van der Waals surface area contributed by atoms with E-state index in [1.165, 1.54) is 60.8 Å². The maximum atomic E-state index is 5.20. The van der Waals surface area contributed by atoms with Crippen LogP contribution in [0.5, 0.6) is 0 Å². The fourth-order valence-corrected chi connectivity index (χ4v) is 6.52. The molecule has 0 aromatic heterocycles. The SMILES string of the molecule is c1ccc([C@@H]2CC(c3ccc(-c4ccc5c(c4)-c4cccc6cccc-5c46)cc3)=Nc3ccccc3C2)cc1. The Bertz CT molecular complexity index is 1890. The highest BCUT2D eigenvalue weighted by atomic mass is 14.8. The molecule has 1 heteroatoms. The van der Waals surface area contributed by atoms with Gasteiger partial charge >= 0.3 is 0 Å². The van der Waals surface area contributed by atoms with Crippen molar-refractivity contribution in [1.82, 2.24) is 0 Å². The molecule has 1 atom stereocenters. The van der Waals surface area contributed by atoms with Crippen LogP contribution in [0.1, 0.15) is 29.0 Å². The average Bonchev–Trinajstić information content (AvgIpc) is 3.19. The van der Waals surface area contributed by atoms with Crippen molar-refractivity contribution in [2.45, 2.75) is 18.8 Å². The zero-order valence-corrected chi connectivity index (χ0v) is 21.6. The molecule has 6 aromatic carbocycles. The number of rotatable bonds is 3. The molecule has 2 aliphatic rings. The number of fused-ring (bicyclic) bond motifs is 4. The van der Waals surface area contributed by atoms with Gasteiger partial charge in [-0.25, -0.2) is 0 Å². The van der Waals surface area contributed by atoms with Gasteiger partial charge in [0, 0.05) is 5.71 Å². The summed E-state index contributed by atoms with van der Waals surface area (Å²) in [5.74, 6) is 0.411. The zero-order chi connectivity index (χ0) is 25.8. The highest BCUT2D eigenvalue weighted by Gasteiger charge is 2.23. The lowest BCUT2D eigenvalue weighted by atomic mass is 9.87. The second-order valence-electron chi connectivity index (χ2n) is 10.8. The molecule has 1 heterocycles. The minimum absolute atomic E-state index is 0.411. The summed E-state index contributed by atoms with van der Waals surface area (Å²) in [6.07, 6.45) is 1.94. The second kappa shape index (κ2) is 8.92. The average molecular weight is 498 g/mol. The molecule has 0 radical (unpaired) electrons. The van der Waals surface area contributed by atoms with Gasteiger partial charge in [-0.15, -0.1) is 0 Å². The predicted molar refractivity (Wildman–Crippen MR) is 164 cm³/mol. The Kier molecular flexibility index (Phi) is 5.09. The van der Waals surface area contributed by atoms with Gasteiger partial charge < -0.3 is 0 Å². The molecule has 0 spiro atoms. The van der Waals surface area contributed by atoms with Crippen molar-refractivity contribution >= 4 is 22.2 Å². The van der Waals surface area contributed by atoms with E-state index in [4.69, 9.17) is 4.99 Å². The summed E-state index contributed by atoms with van der Waals surface area (Å²) in [6, 6.07) is 48.7. The molecule has 39 heavy (non-hydrogen) atoms. The summed E-state index contributed by atoms with van der Waals surface area (Å²) in [4.78, 5) is 5.20. The molecule has 1 nitrogen and oxygen atoms in total. The summed E-state index contributed by atoms with van der Waals surface area (Å²) in [5, 5.41) is 2.69. The Morgan fingerprint density at radius 2 is 1.18 bits per heavy atom. The van der Waals surface area contributed by atoms with Crippen molar-refractivity contribution in [3.8, 4) is 33.4 Å². The highest BCUT2D eigenvalue weighted by Crippen LogP contribution is 2.48. The largest absolute Gasteiger partial charge is 0.253 e. The molecule has 1 aliphatic heterocycles. The second-order valence-corrected chi connectivity index (χ2v) is 10.8. The van der Waals surface area contributed by atoms with Gasteiger partial charge in [0.15, 0.2) is 0 Å². The Labute approximate surface area is 229 Å². The van der Waals surface area contributed by atoms with Gasteiger partial charge in [0.05, 0.1) is 5.69 Å². The third-order valence-corrected chi connectivity index (χ3v) is 8.48. The van der Waals surface area contributed by atoms with Crippen LogP contribution in [-0.2, 0) is 6.42 Å². The van der Waals surface area contributed by atoms with Gasteiger partial charge in [0.25, 0.3) is 0 Å². The maximum Gasteiger partial charge on any atom is 0.0665 e. The van der Waals surface area contributed by atoms with Crippen molar-refractivity contribution in [2.75, 3.05) is 0 Å². The number of benzene rings is 6. The number of aliphatic imine (C=N–C) groups is 1. The number of para-hydroxylation sites is 1. The Balaban J connectivity index is 1.16. The van der Waals surface area contributed by atoms with Crippen LogP contribution in [0.4, 0.5) is 5.69 Å². The molecular weight excluding hydrogens is 470 g/mol. The molecule has 6 aromatic rings. The molecule has 0 fully saturated rings. The van der Waals surface area contributed by atoms with E-state index >= 15 is 0 Å². The summed E-state index contributed by atoms with van der Waals surface area (Å²) in [7, 11) is 0.